The first-order valence-corrected chi connectivity index (χ1v) is 12.2. The molecule has 0 spiro atoms. The number of Topliss-reactive ketones (excluding diaryl/α,β-unsaturated/α-hetero) is 1. The van der Waals surface area contributed by atoms with E-state index in [0.717, 1.165) is 25.7 Å². The Labute approximate surface area is 205 Å². The molecule has 4 rings (SSSR count). The van der Waals surface area contributed by atoms with Crippen LogP contribution in [0.15, 0.2) is 48.0 Å². The molecule has 1 saturated heterocycles. The Morgan fingerprint density at radius 3 is 2.53 bits per heavy atom. The number of ether oxygens (including phenoxy) is 2. The van der Waals surface area contributed by atoms with E-state index in [2.05, 4.69) is 0 Å². The first-order valence-electron chi connectivity index (χ1n) is 11.8. The first-order chi connectivity index (χ1) is 16.3. The Morgan fingerprint density at radius 1 is 1.12 bits per heavy atom. The third kappa shape index (κ3) is 4.64. The van der Waals surface area contributed by atoms with Crippen LogP contribution in [0.1, 0.15) is 63.6 Å². The van der Waals surface area contributed by atoms with Crippen molar-refractivity contribution in [3.63, 3.8) is 0 Å². The van der Waals surface area contributed by atoms with E-state index in [-0.39, 0.29) is 34.1 Å². The number of benzene rings is 2. The molecule has 1 heterocycles. The minimum Gasteiger partial charge on any atom is -0.507 e. The van der Waals surface area contributed by atoms with Crippen LogP contribution in [0.5, 0.6) is 11.5 Å². The molecule has 2 aromatic rings. The van der Waals surface area contributed by atoms with E-state index in [4.69, 9.17) is 21.1 Å². The second kappa shape index (κ2) is 10.1. The SMILES string of the molecule is CCOc1ccc(Cl)c(/C(O)=C2\C(=O)C(=O)N(C3CCCC3)C2c2cccc(OC(C)C)c2)c1. The number of rotatable bonds is 7. The zero-order chi connectivity index (χ0) is 24.4. The summed E-state index contributed by atoms with van der Waals surface area (Å²) >= 11 is 6.41. The monoisotopic (exact) mass is 483 g/mol. The highest BCUT2D eigenvalue weighted by Crippen LogP contribution is 2.45. The molecule has 34 heavy (non-hydrogen) atoms. The highest BCUT2D eigenvalue weighted by atomic mass is 35.5. The maximum absolute atomic E-state index is 13.3. The summed E-state index contributed by atoms with van der Waals surface area (Å²) in [6.45, 7) is 6.17. The van der Waals surface area contributed by atoms with Gasteiger partial charge in [-0.2, -0.15) is 0 Å². The van der Waals surface area contributed by atoms with Crippen LogP contribution in [0.3, 0.4) is 0 Å². The third-order valence-corrected chi connectivity index (χ3v) is 6.58. The fourth-order valence-corrected chi connectivity index (χ4v) is 5.06. The summed E-state index contributed by atoms with van der Waals surface area (Å²) in [5.74, 6) is -0.443. The van der Waals surface area contributed by atoms with Crippen LogP contribution in [-0.2, 0) is 9.59 Å². The minimum atomic E-state index is -0.731. The van der Waals surface area contributed by atoms with Gasteiger partial charge in [-0.1, -0.05) is 36.6 Å². The van der Waals surface area contributed by atoms with Crippen LogP contribution in [0.4, 0.5) is 0 Å². The topological polar surface area (TPSA) is 76.1 Å². The fraction of sp³-hybridized carbons (Fsp3) is 0.407. The van der Waals surface area contributed by atoms with E-state index in [1.165, 1.54) is 0 Å². The predicted octanol–water partition coefficient (Wildman–Crippen LogP) is 5.89. The number of hydrogen-bond acceptors (Lipinski definition) is 5. The number of hydrogen-bond donors (Lipinski definition) is 1. The second-order valence-electron chi connectivity index (χ2n) is 8.96. The van der Waals surface area contributed by atoms with E-state index in [1.807, 2.05) is 45.0 Å². The molecule has 7 heteroatoms. The molecule has 6 nitrogen and oxygen atoms in total. The van der Waals surface area contributed by atoms with Gasteiger partial charge in [0.1, 0.15) is 17.3 Å². The van der Waals surface area contributed by atoms with Crippen LogP contribution in [0, 0.1) is 0 Å². The van der Waals surface area contributed by atoms with Gasteiger partial charge in [0, 0.05) is 11.6 Å². The predicted molar refractivity (Wildman–Crippen MR) is 131 cm³/mol. The van der Waals surface area contributed by atoms with E-state index in [1.54, 1.807) is 23.1 Å². The molecule has 1 amide bonds. The molecular formula is C27H30ClNO5. The molecular weight excluding hydrogens is 454 g/mol. The summed E-state index contributed by atoms with van der Waals surface area (Å²) in [6.07, 6.45) is 3.62. The summed E-state index contributed by atoms with van der Waals surface area (Å²) in [7, 11) is 0. The first kappa shape index (κ1) is 24.1. The van der Waals surface area contributed by atoms with Gasteiger partial charge in [-0.05, 0) is 69.5 Å². The lowest BCUT2D eigenvalue weighted by Crippen LogP contribution is -2.37. The summed E-state index contributed by atoms with van der Waals surface area (Å²) in [4.78, 5) is 28.3. The molecule has 1 N–H and O–H groups in total. The number of likely N-dealkylation sites (tertiary alicyclic amines) is 1. The molecule has 1 aliphatic heterocycles. The number of amides is 1. The van der Waals surface area contributed by atoms with Crippen LogP contribution >= 0.6 is 11.6 Å². The van der Waals surface area contributed by atoms with Gasteiger partial charge in [0.2, 0.25) is 0 Å². The molecule has 1 aliphatic carbocycles. The number of aliphatic hydroxyl groups excluding tert-OH is 1. The quantitative estimate of drug-likeness (QED) is 0.302. The van der Waals surface area contributed by atoms with E-state index in [0.29, 0.717) is 23.7 Å². The van der Waals surface area contributed by atoms with Crippen molar-refractivity contribution in [3.8, 4) is 11.5 Å². The zero-order valence-corrected chi connectivity index (χ0v) is 20.5. The molecule has 180 valence electrons. The average molecular weight is 484 g/mol. The van der Waals surface area contributed by atoms with Crippen molar-refractivity contribution in [2.75, 3.05) is 6.61 Å². The number of carbonyl (C=O) groups is 2. The summed E-state index contributed by atoms with van der Waals surface area (Å²) < 4.78 is 11.4. The highest BCUT2D eigenvalue weighted by molar-refractivity contribution is 6.47. The van der Waals surface area contributed by atoms with Gasteiger partial charge in [-0.15, -0.1) is 0 Å². The average Bonchev–Trinajstić information content (AvgIpc) is 3.41. The van der Waals surface area contributed by atoms with Crippen LogP contribution in [0.2, 0.25) is 5.02 Å². The van der Waals surface area contributed by atoms with Gasteiger partial charge in [0.15, 0.2) is 0 Å². The molecule has 2 aliphatic rings. The van der Waals surface area contributed by atoms with Gasteiger partial charge in [-0.3, -0.25) is 9.59 Å². The number of halogens is 1. The molecule has 0 radical (unpaired) electrons. The smallest absolute Gasteiger partial charge is 0.295 e. The van der Waals surface area contributed by atoms with E-state index >= 15 is 0 Å². The Morgan fingerprint density at radius 2 is 1.85 bits per heavy atom. The summed E-state index contributed by atoms with van der Waals surface area (Å²) in [5, 5.41) is 11.7. The largest absolute Gasteiger partial charge is 0.507 e. The molecule has 2 aromatic carbocycles. The maximum Gasteiger partial charge on any atom is 0.295 e. The van der Waals surface area contributed by atoms with Crippen LogP contribution < -0.4 is 9.47 Å². The lowest BCUT2D eigenvalue weighted by molar-refractivity contribution is -0.141. The molecule has 1 unspecified atom stereocenters. The second-order valence-corrected chi connectivity index (χ2v) is 9.37. The van der Waals surface area contributed by atoms with Crippen LogP contribution in [0.25, 0.3) is 5.76 Å². The molecule has 1 saturated carbocycles. The van der Waals surface area contributed by atoms with E-state index < -0.39 is 17.7 Å². The Kier molecular flexibility index (Phi) is 7.17. The lowest BCUT2D eigenvalue weighted by atomic mass is 9.94. The van der Waals surface area contributed by atoms with Gasteiger partial charge in [0.25, 0.3) is 11.7 Å². The number of aliphatic hydroxyl groups is 1. The molecule has 2 fully saturated rings. The van der Waals surface area contributed by atoms with Gasteiger partial charge in [0.05, 0.1) is 29.3 Å². The summed E-state index contributed by atoms with van der Waals surface area (Å²) in [6, 6.07) is 11.5. The Balaban J connectivity index is 1.88. The Bertz CT molecular complexity index is 1120. The zero-order valence-electron chi connectivity index (χ0n) is 19.7. The molecule has 1 atom stereocenters. The van der Waals surface area contributed by atoms with Crippen LogP contribution in [-0.4, -0.2) is 40.4 Å². The van der Waals surface area contributed by atoms with E-state index in [9.17, 15) is 14.7 Å². The van der Waals surface area contributed by atoms with Crippen molar-refractivity contribution in [3.05, 3.63) is 64.2 Å². The Hall–Kier alpha value is -2.99. The highest BCUT2D eigenvalue weighted by Gasteiger charge is 2.49. The minimum absolute atomic E-state index is 0.0310. The van der Waals surface area contributed by atoms with Crippen molar-refractivity contribution in [1.82, 2.24) is 4.90 Å². The third-order valence-electron chi connectivity index (χ3n) is 6.25. The standard InChI is InChI=1S/C27H30ClNO5/c1-4-33-19-12-13-22(28)21(15-19)25(30)23-24(17-8-7-11-20(14-17)34-16(2)3)29(27(32)26(23)31)18-9-5-6-10-18/h7-8,11-16,18,24,30H,4-6,9-10H2,1-3H3/b25-23+. The molecule has 0 aromatic heterocycles. The van der Waals surface area contributed by atoms with Gasteiger partial charge < -0.3 is 19.5 Å². The molecule has 0 bridgehead atoms. The summed E-state index contributed by atoms with van der Waals surface area (Å²) in [5.41, 5.74) is 1.01. The maximum atomic E-state index is 13.3. The van der Waals surface area contributed by atoms with Crippen molar-refractivity contribution < 1.29 is 24.2 Å². The number of nitrogens with zero attached hydrogens (tertiary/aromatic N) is 1. The number of carbonyl (C=O) groups excluding carboxylic acids is 2. The normalized spacial score (nSPS) is 20.4. The number of ketones is 1. The fourth-order valence-electron chi connectivity index (χ4n) is 4.85. The van der Waals surface area contributed by atoms with Gasteiger partial charge in [-0.25, -0.2) is 0 Å². The van der Waals surface area contributed by atoms with Crippen molar-refractivity contribution in [2.45, 2.75) is 64.6 Å². The van der Waals surface area contributed by atoms with Gasteiger partial charge >= 0.3 is 0 Å². The lowest BCUT2D eigenvalue weighted by Gasteiger charge is -2.31. The van der Waals surface area contributed by atoms with Crippen molar-refractivity contribution in [2.24, 2.45) is 0 Å². The van der Waals surface area contributed by atoms with Crippen molar-refractivity contribution in [1.29, 1.82) is 0 Å². The van der Waals surface area contributed by atoms with Crippen molar-refractivity contribution >= 4 is 29.1 Å².